The molecule has 0 saturated carbocycles. The van der Waals surface area contributed by atoms with Gasteiger partial charge >= 0.3 is 0 Å². The quantitative estimate of drug-likeness (QED) is 0.612. The number of nitrogens with zero attached hydrogens (tertiary/aromatic N) is 1. The van der Waals surface area contributed by atoms with E-state index in [2.05, 4.69) is 10.3 Å². The predicted molar refractivity (Wildman–Crippen MR) is 116 cm³/mol. The van der Waals surface area contributed by atoms with E-state index in [1.807, 2.05) is 24.3 Å². The number of rotatable bonds is 7. The lowest BCUT2D eigenvalue weighted by molar-refractivity contribution is -0.134. The van der Waals surface area contributed by atoms with E-state index < -0.39 is 0 Å². The van der Waals surface area contributed by atoms with E-state index in [1.54, 1.807) is 18.1 Å². The summed E-state index contributed by atoms with van der Waals surface area (Å²) in [5, 5.41) is 3.70. The number of carbonyl (C=O) groups excluding carboxylic acids is 2. The number of methoxy groups -OCH3 is 1. The molecule has 7 heteroatoms. The number of hydrogen-bond acceptors (Lipinski definition) is 3. The zero-order valence-corrected chi connectivity index (χ0v) is 17.5. The van der Waals surface area contributed by atoms with E-state index in [0.29, 0.717) is 26.1 Å². The largest absolute Gasteiger partial charge is 0.497 e. The fourth-order valence-corrected chi connectivity index (χ4v) is 4.00. The third-order valence-electron chi connectivity index (χ3n) is 5.75. The van der Waals surface area contributed by atoms with Crippen LogP contribution in [0, 0.1) is 5.82 Å². The van der Waals surface area contributed by atoms with Crippen LogP contribution in [0.4, 0.5) is 4.39 Å². The first-order chi connectivity index (χ1) is 15.0. The van der Waals surface area contributed by atoms with Gasteiger partial charge in [0.15, 0.2) is 0 Å². The Bertz CT molecular complexity index is 1090. The summed E-state index contributed by atoms with van der Waals surface area (Å²) in [7, 11) is 1.62. The van der Waals surface area contributed by atoms with Gasteiger partial charge in [-0.15, -0.1) is 0 Å². The Balaban J connectivity index is 1.24. The van der Waals surface area contributed by atoms with E-state index in [1.165, 1.54) is 12.1 Å². The van der Waals surface area contributed by atoms with Gasteiger partial charge in [-0.3, -0.25) is 9.59 Å². The number of aromatic amines is 1. The Morgan fingerprint density at radius 3 is 2.74 bits per heavy atom. The standard InChI is InChI=1S/C24H26FN3O3/c1-31-18-5-2-16(3-6-18)10-12-26-23(29)8-9-24(30)28-13-11-22-20(15-28)19-14-17(25)4-7-21(19)27-22/h2-7,14,27H,8-13,15H2,1H3,(H,26,29). The van der Waals surface area contributed by atoms with Crippen molar-refractivity contribution in [1.82, 2.24) is 15.2 Å². The van der Waals surface area contributed by atoms with Gasteiger partial charge in [0.05, 0.1) is 7.11 Å². The Hall–Kier alpha value is -3.35. The molecule has 0 saturated heterocycles. The predicted octanol–water partition coefficient (Wildman–Crippen LogP) is 3.34. The highest BCUT2D eigenvalue weighted by molar-refractivity contribution is 5.87. The van der Waals surface area contributed by atoms with Gasteiger partial charge in [-0.25, -0.2) is 4.39 Å². The highest BCUT2D eigenvalue weighted by atomic mass is 19.1. The van der Waals surface area contributed by atoms with E-state index in [0.717, 1.165) is 39.9 Å². The molecule has 0 spiro atoms. The highest BCUT2D eigenvalue weighted by Gasteiger charge is 2.24. The number of benzene rings is 2. The lowest BCUT2D eigenvalue weighted by Gasteiger charge is -2.27. The molecule has 0 atom stereocenters. The number of halogens is 1. The maximum Gasteiger partial charge on any atom is 0.223 e. The summed E-state index contributed by atoms with van der Waals surface area (Å²) in [5.74, 6) is 0.327. The number of fused-ring (bicyclic) bond motifs is 3. The van der Waals surface area contributed by atoms with E-state index in [4.69, 9.17) is 4.74 Å². The monoisotopic (exact) mass is 423 g/mol. The first-order valence-electron chi connectivity index (χ1n) is 10.5. The third-order valence-corrected chi connectivity index (χ3v) is 5.75. The lowest BCUT2D eigenvalue weighted by Crippen LogP contribution is -2.36. The van der Waals surface area contributed by atoms with Gasteiger partial charge < -0.3 is 19.9 Å². The number of carbonyl (C=O) groups is 2. The van der Waals surface area contributed by atoms with Crippen molar-refractivity contribution in [2.24, 2.45) is 0 Å². The zero-order valence-electron chi connectivity index (χ0n) is 17.5. The smallest absolute Gasteiger partial charge is 0.223 e. The number of nitrogens with one attached hydrogen (secondary N) is 2. The minimum absolute atomic E-state index is 0.0540. The van der Waals surface area contributed by atoms with Gasteiger partial charge in [-0.1, -0.05) is 12.1 Å². The molecule has 2 N–H and O–H groups in total. The van der Waals surface area contributed by atoms with E-state index in [-0.39, 0.29) is 30.5 Å². The second-order valence-electron chi connectivity index (χ2n) is 7.79. The Labute approximate surface area is 180 Å². The molecule has 4 rings (SSSR count). The van der Waals surface area contributed by atoms with Crippen molar-refractivity contribution in [3.05, 3.63) is 65.1 Å². The molecule has 31 heavy (non-hydrogen) atoms. The summed E-state index contributed by atoms with van der Waals surface area (Å²) < 4.78 is 18.8. The van der Waals surface area contributed by atoms with Crippen LogP contribution in [-0.4, -0.2) is 41.9 Å². The van der Waals surface area contributed by atoms with Crippen LogP contribution in [0.25, 0.3) is 10.9 Å². The molecule has 0 aliphatic carbocycles. The molecule has 0 bridgehead atoms. The molecule has 0 radical (unpaired) electrons. The summed E-state index contributed by atoms with van der Waals surface area (Å²) in [6.45, 7) is 1.56. The van der Waals surface area contributed by atoms with Crippen molar-refractivity contribution in [2.45, 2.75) is 32.2 Å². The maximum absolute atomic E-state index is 13.6. The first-order valence-corrected chi connectivity index (χ1v) is 10.5. The molecule has 0 fully saturated rings. The number of ether oxygens (including phenoxy) is 1. The zero-order chi connectivity index (χ0) is 21.8. The minimum Gasteiger partial charge on any atom is -0.497 e. The van der Waals surface area contributed by atoms with Gasteiger partial charge in [0.2, 0.25) is 11.8 Å². The Kier molecular flexibility index (Phi) is 6.21. The summed E-state index contributed by atoms with van der Waals surface area (Å²) in [6, 6.07) is 12.4. The van der Waals surface area contributed by atoms with Crippen LogP contribution in [0.5, 0.6) is 5.75 Å². The molecule has 162 valence electrons. The van der Waals surface area contributed by atoms with Crippen molar-refractivity contribution < 1.29 is 18.7 Å². The Morgan fingerprint density at radius 2 is 1.97 bits per heavy atom. The van der Waals surface area contributed by atoms with Crippen LogP contribution in [0.15, 0.2) is 42.5 Å². The van der Waals surface area contributed by atoms with Gasteiger partial charge in [0.1, 0.15) is 11.6 Å². The molecule has 1 aliphatic heterocycles. The molecule has 2 aromatic carbocycles. The van der Waals surface area contributed by atoms with Crippen LogP contribution in [-0.2, 0) is 29.0 Å². The van der Waals surface area contributed by atoms with Crippen LogP contribution < -0.4 is 10.1 Å². The molecule has 6 nitrogen and oxygen atoms in total. The van der Waals surface area contributed by atoms with Crippen molar-refractivity contribution >= 4 is 22.7 Å². The van der Waals surface area contributed by atoms with Crippen molar-refractivity contribution in [3.63, 3.8) is 0 Å². The fraction of sp³-hybridized carbons (Fsp3) is 0.333. The molecule has 2 amide bonds. The fourth-order valence-electron chi connectivity index (χ4n) is 4.00. The lowest BCUT2D eigenvalue weighted by atomic mass is 10.0. The van der Waals surface area contributed by atoms with E-state index >= 15 is 0 Å². The van der Waals surface area contributed by atoms with Crippen LogP contribution in [0.2, 0.25) is 0 Å². The van der Waals surface area contributed by atoms with Crippen LogP contribution >= 0.6 is 0 Å². The molecular formula is C24H26FN3O3. The van der Waals surface area contributed by atoms with Gasteiger partial charge in [-0.05, 0) is 42.3 Å². The Morgan fingerprint density at radius 1 is 1.16 bits per heavy atom. The molecule has 0 unspecified atom stereocenters. The van der Waals surface area contributed by atoms with Crippen LogP contribution in [0.1, 0.15) is 29.7 Å². The van der Waals surface area contributed by atoms with Gasteiger partial charge in [0, 0.05) is 61.1 Å². The minimum atomic E-state index is -0.288. The number of H-pyrrole nitrogens is 1. The topological polar surface area (TPSA) is 74.4 Å². The second-order valence-corrected chi connectivity index (χ2v) is 7.79. The first kappa shape index (κ1) is 20.9. The second kappa shape index (κ2) is 9.20. The normalized spacial score (nSPS) is 13.2. The average Bonchev–Trinajstić information content (AvgIpc) is 3.15. The SMILES string of the molecule is COc1ccc(CCNC(=O)CCC(=O)N2CCc3[nH]c4ccc(F)cc4c3C2)cc1. The summed E-state index contributed by atoms with van der Waals surface area (Å²) in [5.41, 5.74) is 4.02. The molecule has 1 aromatic heterocycles. The number of aromatic nitrogens is 1. The maximum atomic E-state index is 13.6. The summed E-state index contributed by atoms with van der Waals surface area (Å²) in [6.07, 6.45) is 1.74. The molecule has 1 aliphatic rings. The van der Waals surface area contributed by atoms with Crippen molar-refractivity contribution in [2.75, 3.05) is 20.2 Å². The van der Waals surface area contributed by atoms with Crippen LogP contribution in [0.3, 0.4) is 0 Å². The van der Waals surface area contributed by atoms with Gasteiger partial charge in [0.25, 0.3) is 0 Å². The average molecular weight is 423 g/mol. The molecule has 3 aromatic rings. The van der Waals surface area contributed by atoms with Gasteiger partial charge in [-0.2, -0.15) is 0 Å². The van der Waals surface area contributed by atoms with Crippen molar-refractivity contribution in [3.8, 4) is 5.75 Å². The molecule has 2 heterocycles. The number of hydrogen-bond donors (Lipinski definition) is 2. The molecular weight excluding hydrogens is 397 g/mol. The number of amides is 2. The highest BCUT2D eigenvalue weighted by Crippen LogP contribution is 2.28. The van der Waals surface area contributed by atoms with E-state index in [9.17, 15) is 14.0 Å². The summed E-state index contributed by atoms with van der Waals surface area (Å²) in [4.78, 5) is 29.9. The van der Waals surface area contributed by atoms with Crippen molar-refractivity contribution in [1.29, 1.82) is 0 Å². The third kappa shape index (κ3) is 4.87. The summed E-state index contributed by atoms with van der Waals surface area (Å²) >= 11 is 0.